The highest BCUT2D eigenvalue weighted by molar-refractivity contribution is 7.99. The van der Waals surface area contributed by atoms with Gasteiger partial charge in [-0.1, -0.05) is 19.8 Å². The van der Waals surface area contributed by atoms with Crippen LogP contribution in [0.15, 0.2) is 33.6 Å². The SMILES string of the molecule is CSc1ccc(-c2nc(CSCC(=O)NC3CCCCC3C)c(C)o2)cc1. The lowest BCUT2D eigenvalue weighted by Crippen LogP contribution is -2.41. The van der Waals surface area contributed by atoms with E-state index in [-0.39, 0.29) is 5.91 Å². The maximum absolute atomic E-state index is 12.2. The summed E-state index contributed by atoms with van der Waals surface area (Å²) in [4.78, 5) is 18.1. The number of amides is 1. The number of hydrogen-bond donors (Lipinski definition) is 1. The normalized spacial score (nSPS) is 19.8. The number of rotatable bonds is 7. The second-order valence-corrected chi connectivity index (χ2v) is 9.04. The van der Waals surface area contributed by atoms with E-state index in [9.17, 15) is 4.79 Å². The van der Waals surface area contributed by atoms with Crippen LogP contribution in [-0.4, -0.2) is 28.9 Å². The molecule has 0 saturated heterocycles. The highest BCUT2D eigenvalue weighted by atomic mass is 32.2. The molecule has 2 atom stereocenters. The molecule has 6 heteroatoms. The minimum absolute atomic E-state index is 0.132. The quantitative estimate of drug-likeness (QED) is 0.635. The molecule has 0 spiro atoms. The standard InChI is InChI=1S/C21H28N2O2S2/c1-14-6-4-5-7-18(14)22-20(24)13-27-12-19-15(2)25-21(23-19)16-8-10-17(26-3)11-9-16/h8-11,14,18H,4-7,12-13H2,1-3H3,(H,22,24). The zero-order valence-corrected chi connectivity index (χ0v) is 17.9. The third-order valence-electron chi connectivity index (χ3n) is 5.16. The monoisotopic (exact) mass is 404 g/mol. The number of benzene rings is 1. The van der Waals surface area contributed by atoms with Crippen LogP contribution < -0.4 is 5.32 Å². The molecule has 1 aromatic carbocycles. The van der Waals surface area contributed by atoms with Gasteiger partial charge >= 0.3 is 0 Å². The van der Waals surface area contributed by atoms with Crippen molar-refractivity contribution in [3.63, 3.8) is 0 Å². The van der Waals surface area contributed by atoms with E-state index in [0.717, 1.165) is 23.4 Å². The van der Waals surface area contributed by atoms with Gasteiger partial charge in [0, 0.05) is 22.3 Å². The summed E-state index contributed by atoms with van der Waals surface area (Å²) in [6.07, 6.45) is 6.90. The fourth-order valence-corrected chi connectivity index (χ4v) is 4.68. The molecule has 146 valence electrons. The zero-order chi connectivity index (χ0) is 19.2. The van der Waals surface area contributed by atoms with Crippen LogP contribution in [0.4, 0.5) is 0 Å². The summed E-state index contributed by atoms with van der Waals surface area (Å²) in [6, 6.07) is 8.56. The number of carbonyl (C=O) groups is 1. The molecule has 1 aromatic heterocycles. The molecule has 4 nitrogen and oxygen atoms in total. The van der Waals surface area contributed by atoms with E-state index < -0.39 is 0 Å². The first-order valence-corrected chi connectivity index (χ1v) is 11.9. The van der Waals surface area contributed by atoms with E-state index in [1.807, 2.05) is 19.1 Å². The van der Waals surface area contributed by atoms with E-state index in [1.54, 1.807) is 23.5 Å². The van der Waals surface area contributed by atoms with Crippen molar-refractivity contribution >= 4 is 29.4 Å². The van der Waals surface area contributed by atoms with Gasteiger partial charge in [0.2, 0.25) is 11.8 Å². The average molecular weight is 405 g/mol. The summed E-state index contributed by atoms with van der Waals surface area (Å²) < 4.78 is 5.84. The number of oxazole rings is 1. The summed E-state index contributed by atoms with van der Waals surface area (Å²) in [7, 11) is 0. The molecule has 1 N–H and O–H groups in total. The van der Waals surface area contributed by atoms with Gasteiger partial charge in [0.1, 0.15) is 5.76 Å². The Morgan fingerprint density at radius 1 is 1.26 bits per heavy atom. The number of nitrogens with zero attached hydrogens (tertiary/aromatic N) is 1. The van der Waals surface area contributed by atoms with Gasteiger partial charge in [-0.2, -0.15) is 0 Å². The van der Waals surface area contributed by atoms with E-state index >= 15 is 0 Å². The molecule has 2 aromatic rings. The molecule has 2 unspecified atom stereocenters. The van der Waals surface area contributed by atoms with Crippen molar-refractivity contribution in [3.05, 3.63) is 35.7 Å². The molecule has 1 saturated carbocycles. The lowest BCUT2D eigenvalue weighted by Gasteiger charge is -2.29. The molecular weight excluding hydrogens is 376 g/mol. The Balaban J connectivity index is 1.50. The molecular formula is C21H28N2O2S2. The number of nitrogens with one attached hydrogen (secondary N) is 1. The second-order valence-electron chi connectivity index (χ2n) is 7.18. The minimum atomic E-state index is 0.132. The molecule has 27 heavy (non-hydrogen) atoms. The van der Waals surface area contributed by atoms with Gasteiger partial charge in [-0.3, -0.25) is 4.79 Å². The van der Waals surface area contributed by atoms with Gasteiger partial charge in [0.05, 0.1) is 11.4 Å². The Morgan fingerprint density at radius 2 is 2.00 bits per heavy atom. The van der Waals surface area contributed by atoms with Gasteiger partial charge in [0.15, 0.2) is 0 Å². The maximum Gasteiger partial charge on any atom is 0.230 e. The van der Waals surface area contributed by atoms with Crippen molar-refractivity contribution in [2.75, 3.05) is 12.0 Å². The topological polar surface area (TPSA) is 55.1 Å². The van der Waals surface area contributed by atoms with Crippen LogP contribution in [0.25, 0.3) is 11.5 Å². The molecule has 0 aliphatic heterocycles. The molecule has 1 fully saturated rings. The third-order valence-corrected chi connectivity index (χ3v) is 6.85. The lowest BCUT2D eigenvalue weighted by atomic mass is 9.86. The molecule has 1 amide bonds. The number of hydrogen-bond acceptors (Lipinski definition) is 5. The van der Waals surface area contributed by atoms with Crippen molar-refractivity contribution in [1.82, 2.24) is 10.3 Å². The van der Waals surface area contributed by atoms with Gasteiger partial charge in [-0.25, -0.2) is 4.98 Å². The van der Waals surface area contributed by atoms with Crippen molar-refractivity contribution in [1.29, 1.82) is 0 Å². The second kappa shape index (κ2) is 9.69. The number of aromatic nitrogens is 1. The fourth-order valence-electron chi connectivity index (χ4n) is 3.44. The van der Waals surface area contributed by atoms with E-state index in [4.69, 9.17) is 4.42 Å². The smallest absolute Gasteiger partial charge is 0.230 e. The first-order valence-electron chi connectivity index (χ1n) is 9.54. The van der Waals surface area contributed by atoms with Crippen LogP contribution in [0, 0.1) is 12.8 Å². The van der Waals surface area contributed by atoms with E-state index in [2.05, 4.69) is 35.6 Å². The van der Waals surface area contributed by atoms with Gasteiger partial charge < -0.3 is 9.73 Å². The van der Waals surface area contributed by atoms with Gasteiger partial charge in [-0.15, -0.1) is 23.5 Å². The Morgan fingerprint density at radius 3 is 2.70 bits per heavy atom. The minimum Gasteiger partial charge on any atom is -0.441 e. The zero-order valence-electron chi connectivity index (χ0n) is 16.3. The van der Waals surface area contributed by atoms with Crippen LogP contribution in [0.3, 0.4) is 0 Å². The molecule has 3 rings (SSSR count). The number of aryl methyl sites for hydroxylation is 1. The summed E-state index contributed by atoms with van der Waals surface area (Å²) in [5.41, 5.74) is 1.90. The van der Waals surface area contributed by atoms with Crippen molar-refractivity contribution < 1.29 is 9.21 Å². The highest BCUT2D eigenvalue weighted by Crippen LogP contribution is 2.27. The Hall–Kier alpha value is -1.40. The van der Waals surface area contributed by atoms with Crippen molar-refractivity contribution in [2.45, 2.75) is 56.2 Å². The number of thioether (sulfide) groups is 2. The first kappa shape index (κ1) is 20.3. The Bertz CT molecular complexity index is 758. The molecule has 1 aliphatic carbocycles. The predicted molar refractivity (Wildman–Crippen MR) is 114 cm³/mol. The molecule has 1 aliphatic rings. The van der Waals surface area contributed by atoms with Gasteiger partial charge in [-0.05, 0) is 56.2 Å². The molecule has 0 bridgehead atoms. The van der Waals surface area contributed by atoms with Crippen molar-refractivity contribution in [3.8, 4) is 11.5 Å². The Labute approximate surface area is 170 Å². The van der Waals surface area contributed by atoms with E-state index in [0.29, 0.717) is 29.4 Å². The van der Waals surface area contributed by atoms with Crippen LogP contribution in [-0.2, 0) is 10.5 Å². The lowest BCUT2D eigenvalue weighted by molar-refractivity contribution is -0.119. The predicted octanol–water partition coefficient (Wildman–Crippen LogP) is 5.30. The highest BCUT2D eigenvalue weighted by Gasteiger charge is 2.22. The summed E-state index contributed by atoms with van der Waals surface area (Å²) >= 11 is 3.31. The van der Waals surface area contributed by atoms with Crippen LogP contribution >= 0.6 is 23.5 Å². The van der Waals surface area contributed by atoms with Crippen LogP contribution in [0.1, 0.15) is 44.1 Å². The Kier molecular flexibility index (Phi) is 7.30. The average Bonchev–Trinajstić information content (AvgIpc) is 3.04. The number of carbonyl (C=O) groups excluding carboxylic acids is 1. The fraction of sp³-hybridized carbons (Fsp3) is 0.524. The summed E-state index contributed by atoms with van der Waals surface area (Å²) in [5, 5.41) is 3.21. The maximum atomic E-state index is 12.2. The van der Waals surface area contributed by atoms with E-state index in [1.165, 1.54) is 24.2 Å². The summed E-state index contributed by atoms with van der Waals surface area (Å²) in [5.74, 6) is 3.35. The van der Waals surface area contributed by atoms with Gasteiger partial charge in [0.25, 0.3) is 0 Å². The largest absolute Gasteiger partial charge is 0.441 e. The van der Waals surface area contributed by atoms with Crippen molar-refractivity contribution in [2.24, 2.45) is 5.92 Å². The summed E-state index contributed by atoms with van der Waals surface area (Å²) in [6.45, 7) is 4.18. The molecule has 1 heterocycles. The molecule has 0 radical (unpaired) electrons. The third kappa shape index (κ3) is 5.55. The van der Waals surface area contributed by atoms with Crippen LogP contribution in [0.5, 0.6) is 0 Å². The van der Waals surface area contributed by atoms with Crippen LogP contribution in [0.2, 0.25) is 0 Å². The first-order chi connectivity index (χ1) is 13.1.